The highest BCUT2D eigenvalue weighted by Gasteiger charge is 2.31. The fraction of sp³-hybridized carbons (Fsp3) is 0.0732. The van der Waals surface area contributed by atoms with Crippen LogP contribution in [0.2, 0.25) is 0 Å². The fourth-order valence-corrected chi connectivity index (χ4v) is 9.04. The number of nitrogens with zero attached hydrogens (tertiary/aromatic N) is 5. The highest BCUT2D eigenvalue weighted by atomic mass is 32.2. The molecule has 0 bridgehead atoms. The summed E-state index contributed by atoms with van der Waals surface area (Å²) in [5.41, 5.74) is 1.48. The Bertz CT molecular complexity index is 3070. The zero-order chi connectivity index (χ0) is 43.4. The first-order valence-corrected chi connectivity index (χ1v) is 21.5. The minimum absolute atomic E-state index is 0.0250. The van der Waals surface area contributed by atoms with E-state index >= 15 is 0 Å². The summed E-state index contributed by atoms with van der Waals surface area (Å²) >= 11 is 1.35. The second kappa shape index (κ2) is 17.4. The van der Waals surface area contributed by atoms with Crippen LogP contribution in [0.3, 0.4) is 0 Å². The Morgan fingerprint density at radius 3 is 1.97 bits per heavy atom. The van der Waals surface area contributed by atoms with Crippen molar-refractivity contribution < 1.29 is 44.0 Å². The number of alkyl halides is 3. The first kappa shape index (κ1) is 42.2. The Morgan fingerprint density at radius 2 is 1.34 bits per heavy atom. The van der Waals surface area contributed by atoms with Crippen LogP contribution >= 0.6 is 11.3 Å². The van der Waals surface area contributed by atoms with E-state index in [2.05, 4.69) is 30.6 Å². The summed E-state index contributed by atoms with van der Waals surface area (Å²) in [6.07, 6.45) is 6.29. The lowest BCUT2D eigenvalue weighted by atomic mass is 10.2. The van der Waals surface area contributed by atoms with E-state index in [1.165, 1.54) is 47.7 Å². The molecule has 8 aromatic rings. The van der Waals surface area contributed by atoms with E-state index in [0.29, 0.717) is 33.9 Å². The van der Waals surface area contributed by atoms with Crippen molar-refractivity contribution in [3.63, 3.8) is 0 Å². The monoisotopic (exact) mass is 887 g/mol. The van der Waals surface area contributed by atoms with E-state index in [-0.39, 0.29) is 39.6 Å². The molecule has 0 aliphatic rings. The van der Waals surface area contributed by atoms with Crippen LogP contribution < -0.4 is 10.6 Å². The molecule has 0 saturated heterocycles. The molecule has 0 atom stereocenters. The number of carbonyl (C=O) groups excluding carboxylic acids is 2. The van der Waals surface area contributed by atoms with Crippen molar-refractivity contribution in [2.24, 2.45) is 0 Å². The van der Waals surface area contributed by atoms with Crippen LogP contribution in [0.15, 0.2) is 160 Å². The second-order valence-electron chi connectivity index (χ2n) is 13.0. The van der Waals surface area contributed by atoms with Gasteiger partial charge in [0, 0.05) is 56.5 Å². The summed E-state index contributed by atoms with van der Waals surface area (Å²) in [4.78, 5) is 40.2. The van der Waals surface area contributed by atoms with Gasteiger partial charge < -0.3 is 15.0 Å². The average Bonchev–Trinajstić information content (AvgIpc) is 3.93. The van der Waals surface area contributed by atoms with Crippen molar-refractivity contribution in [2.45, 2.75) is 39.0 Å². The van der Waals surface area contributed by atoms with E-state index in [1.54, 1.807) is 65.7 Å². The number of nitrogens with one attached hydrogen (secondary N) is 2. The molecule has 0 unspecified atom stereocenters. The Hall–Kier alpha value is -6.90. The first-order chi connectivity index (χ1) is 29.1. The van der Waals surface area contributed by atoms with Gasteiger partial charge in [0.15, 0.2) is 5.03 Å². The standard InChI is InChI=1S/C21H15F3N4O3S.C20H14FN3O3S2/c22-21(23,24)16-4-8-19(26-12-16)32(30,31)17-5-1-14(2-6-17)11-27-20(29)15-3-7-18-25-9-10-28(18)13-15;21-15-8-17(11-23-10-15)29(26,27)16-3-1-13(2-4-16)9-24-20(25)18-7-14-5-6-22-12-19(14)28-18/h1-10,12-13H,11H2,(H,27,29);1-8,10-12H,9H2,(H,24,25). The summed E-state index contributed by atoms with van der Waals surface area (Å²) in [6.45, 7) is 0.396. The maximum Gasteiger partial charge on any atom is 0.417 e. The Morgan fingerprint density at radius 1 is 0.672 bits per heavy atom. The first-order valence-electron chi connectivity index (χ1n) is 17.7. The fourth-order valence-electron chi connectivity index (χ4n) is 5.68. The van der Waals surface area contributed by atoms with Crippen molar-refractivity contribution in [3.05, 3.63) is 174 Å². The maximum atomic E-state index is 13.3. The molecule has 8 rings (SSSR count). The zero-order valence-corrected chi connectivity index (χ0v) is 33.6. The molecule has 0 saturated carbocycles. The van der Waals surface area contributed by atoms with Crippen LogP contribution in [-0.2, 0) is 38.9 Å². The van der Waals surface area contributed by atoms with Crippen LogP contribution in [0.4, 0.5) is 17.6 Å². The van der Waals surface area contributed by atoms with Gasteiger partial charge in [0.2, 0.25) is 19.7 Å². The summed E-state index contributed by atoms with van der Waals surface area (Å²) in [5.74, 6) is -1.25. The van der Waals surface area contributed by atoms with E-state index in [4.69, 9.17) is 0 Å². The van der Waals surface area contributed by atoms with E-state index in [1.807, 2.05) is 6.07 Å². The molecule has 0 fully saturated rings. The van der Waals surface area contributed by atoms with Crippen molar-refractivity contribution >= 4 is 58.6 Å². The normalized spacial score (nSPS) is 11.8. The van der Waals surface area contributed by atoms with Gasteiger partial charge in [-0.3, -0.25) is 19.6 Å². The Balaban J connectivity index is 0.000000185. The number of aromatic nitrogens is 5. The molecule has 310 valence electrons. The van der Waals surface area contributed by atoms with Gasteiger partial charge in [0.05, 0.1) is 41.6 Å². The van der Waals surface area contributed by atoms with E-state index < -0.39 is 42.3 Å². The molecule has 20 heteroatoms. The van der Waals surface area contributed by atoms with Crippen molar-refractivity contribution in [1.82, 2.24) is 35.0 Å². The molecular weight excluding hydrogens is 859 g/mol. The smallest absolute Gasteiger partial charge is 0.348 e. The lowest BCUT2D eigenvalue weighted by Gasteiger charge is -2.09. The van der Waals surface area contributed by atoms with E-state index in [9.17, 15) is 44.0 Å². The Kier molecular flexibility index (Phi) is 12.0. The number of amides is 2. The van der Waals surface area contributed by atoms with Gasteiger partial charge in [-0.2, -0.15) is 13.2 Å². The van der Waals surface area contributed by atoms with Crippen LogP contribution in [0, 0.1) is 5.82 Å². The second-order valence-corrected chi connectivity index (χ2v) is 17.9. The minimum atomic E-state index is -4.61. The van der Waals surface area contributed by atoms with Crippen LogP contribution in [0.25, 0.3) is 15.7 Å². The molecule has 2 N–H and O–H groups in total. The third kappa shape index (κ3) is 9.77. The number of sulfone groups is 2. The SMILES string of the molecule is O=C(NCc1ccc(S(=O)(=O)c2ccc(C(F)(F)F)cn2)cc1)c1ccc2nccn2c1.O=C(NCc1ccc(S(=O)(=O)c2cncc(F)c2)cc1)c1cc2ccncc2s1. The zero-order valence-electron chi connectivity index (χ0n) is 31.1. The number of imidazole rings is 1. The number of rotatable bonds is 10. The van der Waals surface area contributed by atoms with Crippen molar-refractivity contribution in [3.8, 4) is 0 Å². The van der Waals surface area contributed by atoms with Crippen molar-refractivity contribution in [1.29, 1.82) is 0 Å². The molecule has 13 nitrogen and oxygen atoms in total. The lowest BCUT2D eigenvalue weighted by molar-refractivity contribution is -0.137. The van der Waals surface area contributed by atoms with Crippen LogP contribution in [-0.4, -0.2) is 53.0 Å². The number of halogens is 4. The topological polar surface area (TPSA) is 182 Å². The Labute approximate surface area is 348 Å². The van der Waals surface area contributed by atoms with Gasteiger partial charge in [-0.1, -0.05) is 24.3 Å². The van der Waals surface area contributed by atoms with Crippen LogP contribution in [0.1, 0.15) is 36.7 Å². The van der Waals surface area contributed by atoms with Gasteiger partial charge >= 0.3 is 6.18 Å². The minimum Gasteiger partial charge on any atom is -0.348 e. The molecule has 6 heterocycles. The third-order valence-corrected chi connectivity index (χ3v) is 13.4. The summed E-state index contributed by atoms with van der Waals surface area (Å²) in [5, 5.41) is 6.03. The summed E-state index contributed by atoms with van der Waals surface area (Å²) in [7, 11) is -7.94. The lowest BCUT2D eigenvalue weighted by Crippen LogP contribution is -2.23. The molecule has 2 aromatic carbocycles. The molecule has 2 amide bonds. The van der Waals surface area contributed by atoms with Gasteiger partial charge in [-0.25, -0.2) is 31.2 Å². The number of carbonyl (C=O) groups is 2. The molecule has 61 heavy (non-hydrogen) atoms. The number of hydrogen-bond acceptors (Lipinski definition) is 11. The van der Waals surface area contributed by atoms with Gasteiger partial charge in [0.1, 0.15) is 11.5 Å². The molecular formula is C41H29F4N7O6S3. The molecule has 0 aliphatic heterocycles. The van der Waals surface area contributed by atoms with E-state index in [0.717, 1.165) is 40.2 Å². The number of pyridine rings is 4. The number of thiophene rings is 1. The molecule has 6 aromatic heterocycles. The predicted octanol–water partition coefficient (Wildman–Crippen LogP) is 7.10. The predicted molar refractivity (Wildman–Crippen MR) is 214 cm³/mol. The maximum absolute atomic E-state index is 13.3. The molecule has 0 radical (unpaired) electrons. The highest BCUT2D eigenvalue weighted by Crippen LogP contribution is 2.30. The number of benzene rings is 2. The summed E-state index contributed by atoms with van der Waals surface area (Å²) in [6, 6.07) is 21.1. The largest absolute Gasteiger partial charge is 0.417 e. The number of fused-ring (bicyclic) bond motifs is 2. The third-order valence-electron chi connectivity index (χ3n) is 8.90. The summed E-state index contributed by atoms with van der Waals surface area (Å²) < 4.78 is 104. The quantitative estimate of drug-likeness (QED) is 0.134. The van der Waals surface area contributed by atoms with Gasteiger partial charge in [-0.05, 0) is 83.2 Å². The van der Waals surface area contributed by atoms with Crippen LogP contribution in [0.5, 0.6) is 0 Å². The van der Waals surface area contributed by atoms with Gasteiger partial charge in [-0.15, -0.1) is 11.3 Å². The molecule has 0 aliphatic carbocycles. The average molecular weight is 888 g/mol. The van der Waals surface area contributed by atoms with Gasteiger partial charge in [0.25, 0.3) is 11.8 Å². The van der Waals surface area contributed by atoms with Crippen molar-refractivity contribution in [2.75, 3.05) is 0 Å². The number of hydrogen-bond donors (Lipinski definition) is 2. The highest BCUT2D eigenvalue weighted by molar-refractivity contribution is 7.91. The molecule has 0 spiro atoms.